The molecule has 0 aliphatic heterocycles. The number of aromatic nitrogens is 1. The fourth-order valence-corrected chi connectivity index (χ4v) is 3.67. The monoisotopic (exact) mass is 330 g/mol. The van der Waals surface area contributed by atoms with E-state index in [9.17, 15) is 8.42 Å². The van der Waals surface area contributed by atoms with E-state index in [2.05, 4.69) is 4.98 Å². The van der Waals surface area contributed by atoms with Crippen LogP contribution in [0.25, 0.3) is 21.7 Å². The molecule has 22 heavy (non-hydrogen) atoms. The Kier molecular flexibility index (Phi) is 3.82. The van der Waals surface area contributed by atoms with E-state index < -0.39 is 10.0 Å². The molecule has 3 rings (SSSR count). The molecular weight excluding hydrogens is 316 g/mol. The van der Waals surface area contributed by atoms with Gasteiger partial charge in [-0.2, -0.15) is 0 Å². The van der Waals surface area contributed by atoms with Crippen molar-refractivity contribution in [1.29, 1.82) is 0 Å². The van der Waals surface area contributed by atoms with Gasteiger partial charge in [0.2, 0.25) is 10.0 Å². The van der Waals surface area contributed by atoms with Gasteiger partial charge in [0.1, 0.15) is 0 Å². The van der Waals surface area contributed by atoms with Crippen molar-refractivity contribution < 1.29 is 8.42 Å². The molecule has 3 aromatic rings. The summed E-state index contributed by atoms with van der Waals surface area (Å²) in [6.45, 7) is 1.96. The Morgan fingerprint density at radius 1 is 0.955 bits per heavy atom. The summed E-state index contributed by atoms with van der Waals surface area (Å²) in [6.07, 6.45) is 0. The molecule has 0 aliphatic carbocycles. The standard InChI is InChI=1S/C16H14N2O2S2/c1-11-18-15(12-5-3-2-4-6-12)16(21-11)13-7-9-14(10-8-13)22(17,19)20/h2-10H,1H3,(H2,17,19,20). The highest BCUT2D eigenvalue weighted by Gasteiger charge is 2.14. The summed E-state index contributed by atoms with van der Waals surface area (Å²) < 4.78 is 22.7. The summed E-state index contributed by atoms with van der Waals surface area (Å²) in [7, 11) is -3.67. The lowest BCUT2D eigenvalue weighted by Crippen LogP contribution is -2.11. The Morgan fingerprint density at radius 3 is 2.18 bits per heavy atom. The first-order valence-electron chi connectivity index (χ1n) is 6.61. The molecule has 0 spiro atoms. The van der Waals surface area contributed by atoms with Crippen LogP contribution in [0.4, 0.5) is 0 Å². The van der Waals surface area contributed by atoms with Crippen LogP contribution in [0.5, 0.6) is 0 Å². The second-order valence-corrected chi connectivity index (χ2v) is 7.61. The van der Waals surface area contributed by atoms with E-state index in [4.69, 9.17) is 5.14 Å². The van der Waals surface area contributed by atoms with Crippen molar-refractivity contribution in [3.8, 4) is 21.7 Å². The number of hydrogen-bond acceptors (Lipinski definition) is 4. The molecule has 0 aliphatic rings. The number of sulfonamides is 1. The lowest BCUT2D eigenvalue weighted by molar-refractivity contribution is 0.598. The molecule has 2 N–H and O–H groups in total. The minimum atomic E-state index is -3.67. The average molecular weight is 330 g/mol. The molecule has 112 valence electrons. The van der Waals surface area contributed by atoms with E-state index in [1.807, 2.05) is 37.3 Å². The van der Waals surface area contributed by atoms with Crippen molar-refractivity contribution in [2.24, 2.45) is 5.14 Å². The molecule has 1 heterocycles. The van der Waals surface area contributed by atoms with E-state index in [1.165, 1.54) is 12.1 Å². The fraction of sp³-hybridized carbons (Fsp3) is 0.0625. The van der Waals surface area contributed by atoms with Crippen LogP contribution in [0.1, 0.15) is 5.01 Å². The first-order valence-corrected chi connectivity index (χ1v) is 8.97. The molecule has 0 amide bonds. The van der Waals surface area contributed by atoms with E-state index >= 15 is 0 Å². The zero-order valence-corrected chi connectivity index (χ0v) is 13.5. The molecule has 4 nitrogen and oxygen atoms in total. The van der Waals surface area contributed by atoms with Crippen molar-refractivity contribution in [3.05, 3.63) is 59.6 Å². The topological polar surface area (TPSA) is 73.0 Å². The minimum absolute atomic E-state index is 0.110. The molecule has 0 radical (unpaired) electrons. The Balaban J connectivity index is 2.10. The molecule has 0 bridgehead atoms. The lowest BCUT2D eigenvalue weighted by atomic mass is 10.1. The van der Waals surface area contributed by atoms with Crippen LogP contribution < -0.4 is 5.14 Å². The number of aryl methyl sites for hydroxylation is 1. The van der Waals surface area contributed by atoms with Gasteiger partial charge in [-0.25, -0.2) is 18.5 Å². The van der Waals surface area contributed by atoms with Crippen molar-refractivity contribution in [2.75, 3.05) is 0 Å². The summed E-state index contributed by atoms with van der Waals surface area (Å²) >= 11 is 1.58. The maximum Gasteiger partial charge on any atom is 0.238 e. The van der Waals surface area contributed by atoms with Gasteiger partial charge < -0.3 is 0 Å². The number of benzene rings is 2. The smallest absolute Gasteiger partial charge is 0.238 e. The third-order valence-electron chi connectivity index (χ3n) is 3.23. The summed E-state index contributed by atoms with van der Waals surface area (Å²) in [4.78, 5) is 5.73. The molecule has 0 unspecified atom stereocenters. The van der Waals surface area contributed by atoms with Crippen molar-refractivity contribution in [2.45, 2.75) is 11.8 Å². The molecule has 0 fully saturated rings. The molecule has 1 aromatic heterocycles. The van der Waals surface area contributed by atoms with Gasteiger partial charge in [0, 0.05) is 5.56 Å². The Morgan fingerprint density at radius 2 is 1.59 bits per heavy atom. The number of thiazole rings is 1. The quantitative estimate of drug-likeness (QED) is 0.799. The zero-order chi connectivity index (χ0) is 15.7. The van der Waals surface area contributed by atoms with Crippen LogP contribution in [0.15, 0.2) is 59.5 Å². The molecular formula is C16H14N2O2S2. The van der Waals surface area contributed by atoms with Gasteiger partial charge in [-0.1, -0.05) is 42.5 Å². The number of nitrogens with two attached hydrogens (primary N) is 1. The average Bonchev–Trinajstić information content (AvgIpc) is 2.89. The van der Waals surface area contributed by atoms with Gasteiger partial charge >= 0.3 is 0 Å². The Bertz CT molecular complexity index is 899. The third-order valence-corrected chi connectivity index (χ3v) is 5.18. The van der Waals surface area contributed by atoms with Crippen LogP contribution in [0.3, 0.4) is 0 Å². The van der Waals surface area contributed by atoms with Gasteiger partial charge in [-0.15, -0.1) is 11.3 Å². The highest BCUT2D eigenvalue weighted by molar-refractivity contribution is 7.89. The van der Waals surface area contributed by atoms with E-state index in [0.717, 1.165) is 26.7 Å². The Labute approximate surface area is 133 Å². The highest BCUT2D eigenvalue weighted by Crippen LogP contribution is 2.36. The third kappa shape index (κ3) is 2.94. The molecule has 2 aromatic carbocycles. The van der Waals surface area contributed by atoms with E-state index in [0.29, 0.717) is 0 Å². The zero-order valence-electron chi connectivity index (χ0n) is 11.9. The first kappa shape index (κ1) is 14.9. The minimum Gasteiger partial charge on any atom is -0.241 e. The summed E-state index contributed by atoms with van der Waals surface area (Å²) in [5, 5.41) is 6.10. The van der Waals surface area contributed by atoms with Crippen LogP contribution in [0, 0.1) is 6.92 Å². The van der Waals surface area contributed by atoms with E-state index in [1.54, 1.807) is 23.5 Å². The predicted octanol–water partition coefficient (Wildman–Crippen LogP) is 3.43. The van der Waals surface area contributed by atoms with E-state index in [-0.39, 0.29) is 4.90 Å². The summed E-state index contributed by atoms with van der Waals surface area (Å²) in [5.41, 5.74) is 2.88. The maximum absolute atomic E-state index is 11.3. The van der Waals surface area contributed by atoms with Gasteiger partial charge in [0.05, 0.1) is 20.5 Å². The maximum atomic E-state index is 11.3. The van der Waals surface area contributed by atoms with Gasteiger partial charge in [-0.05, 0) is 24.6 Å². The second-order valence-electron chi connectivity index (χ2n) is 4.85. The number of rotatable bonds is 3. The molecule has 0 saturated heterocycles. The summed E-state index contributed by atoms with van der Waals surface area (Å²) in [6, 6.07) is 16.5. The van der Waals surface area contributed by atoms with Crippen molar-refractivity contribution in [3.63, 3.8) is 0 Å². The molecule has 6 heteroatoms. The van der Waals surface area contributed by atoms with Crippen LogP contribution in [-0.4, -0.2) is 13.4 Å². The molecule has 0 atom stereocenters. The SMILES string of the molecule is Cc1nc(-c2ccccc2)c(-c2ccc(S(N)(=O)=O)cc2)s1. The van der Waals surface area contributed by atoms with Crippen LogP contribution in [-0.2, 0) is 10.0 Å². The van der Waals surface area contributed by atoms with Crippen molar-refractivity contribution >= 4 is 21.4 Å². The largest absolute Gasteiger partial charge is 0.241 e. The van der Waals surface area contributed by atoms with Gasteiger partial charge in [0.15, 0.2) is 0 Å². The van der Waals surface area contributed by atoms with Crippen LogP contribution >= 0.6 is 11.3 Å². The molecule has 0 saturated carbocycles. The van der Waals surface area contributed by atoms with Crippen molar-refractivity contribution in [1.82, 2.24) is 4.98 Å². The second kappa shape index (κ2) is 5.64. The van der Waals surface area contributed by atoms with Gasteiger partial charge in [-0.3, -0.25) is 0 Å². The fourth-order valence-electron chi connectivity index (χ4n) is 2.21. The number of nitrogens with zero attached hydrogens (tertiary/aromatic N) is 1. The number of primary sulfonamides is 1. The number of hydrogen-bond donors (Lipinski definition) is 1. The summed E-state index contributed by atoms with van der Waals surface area (Å²) in [5.74, 6) is 0. The predicted molar refractivity (Wildman–Crippen MR) is 89.1 cm³/mol. The van der Waals surface area contributed by atoms with Gasteiger partial charge in [0.25, 0.3) is 0 Å². The normalized spacial score (nSPS) is 11.5. The highest BCUT2D eigenvalue weighted by atomic mass is 32.2. The Hall–Kier alpha value is -2.02. The lowest BCUT2D eigenvalue weighted by Gasteiger charge is -2.04. The first-order chi connectivity index (χ1) is 10.4. The van der Waals surface area contributed by atoms with Crippen LogP contribution in [0.2, 0.25) is 0 Å².